The van der Waals surface area contributed by atoms with Gasteiger partial charge in [-0.2, -0.15) is 0 Å². The largest absolute Gasteiger partial charge is 0.497 e. The average Bonchev–Trinajstić information content (AvgIpc) is 2.80. The molecule has 172 valence electrons. The van der Waals surface area contributed by atoms with Gasteiger partial charge < -0.3 is 19.1 Å². The van der Waals surface area contributed by atoms with Crippen LogP contribution in [0.5, 0.6) is 11.5 Å². The normalized spacial score (nSPS) is 18.8. The molecule has 1 heterocycles. The van der Waals surface area contributed by atoms with Crippen molar-refractivity contribution in [3.05, 3.63) is 59.4 Å². The number of halogens is 1. The van der Waals surface area contributed by atoms with Crippen LogP contribution in [0.2, 0.25) is 0 Å². The van der Waals surface area contributed by atoms with Gasteiger partial charge in [0.2, 0.25) is 0 Å². The second-order valence-corrected chi connectivity index (χ2v) is 7.94. The Hall–Kier alpha value is -3.13. The summed E-state index contributed by atoms with van der Waals surface area (Å²) >= 11 is 0. The van der Waals surface area contributed by atoms with Crippen LogP contribution in [-0.2, 0) is 16.1 Å². The van der Waals surface area contributed by atoms with E-state index in [9.17, 15) is 14.0 Å². The van der Waals surface area contributed by atoms with Gasteiger partial charge in [-0.1, -0.05) is 12.1 Å². The van der Waals surface area contributed by atoms with E-state index in [0.29, 0.717) is 25.4 Å². The van der Waals surface area contributed by atoms with Crippen LogP contribution in [0.25, 0.3) is 0 Å². The molecule has 1 fully saturated rings. The molecule has 1 saturated heterocycles. The number of rotatable bonds is 7. The fraction of sp³-hybridized carbons (Fsp3) is 0.417. The maximum atomic E-state index is 13.2. The van der Waals surface area contributed by atoms with Crippen molar-refractivity contribution >= 4 is 11.9 Å². The number of esters is 1. The summed E-state index contributed by atoms with van der Waals surface area (Å²) < 4.78 is 28.9. The number of carbonyl (C=O) groups excluding carboxylic acids is 2. The van der Waals surface area contributed by atoms with Gasteiger partial charge in [0.1, 0.15) is 22.9 Å². The molecule has 7 nitrogen and oxygen atoms in total. The van der Waals surface area contributed by atoms with E-state index in [2.05, 4.69) is 11.8 Å². The lowest BCUT2D eigenvalue weighted by molar-refractivity contribution is -0.139. The Kier molecular flexibility index (Phi) is 7.69. The molecule has 0 N–H and O–H groups in total. The third-order valence-electron chi connectivity index (χ3n) is 5.68. The second-order valence-electron chi connectivity index (χ2n) is 7.94. The first kappa shape index (κ1) is 23.5. The van der Waals surface area contributed by atoms with Gasteiger partial charge in [-0.25, -0.2) is 9.18 Å². The van der Waals surface area contributed by atoms with Gasteiger partial charge in [-0.15, -0.1) is 0 Å². The van der Waals surface area contributed by atoms with E-state index in [1.807, 2.05) is 6.92 Å². The van der Waals surface area contributed by atoms with Crippen molar-refractivity contribution < 1.29 is 28.2 Å². The highest BCUT2D eigenvalue weighted by Gasteiger charge is 2.32. The topological polar surface area (TPSA) is 68.3 Å². The first-order chi connectivity index (χ1) is 15.3. The van der Waals surface area contributed by atoms with Gasteiger partial charge in [-0.3, -0.25) is 9.69 Å². The quantitative estimate of drug-likeness (QED) is 0.612. The molecule has 1 aliphatic rings. The lowest BCUT2D eigenvalue weighted by atomic mass is 10.1. The first-order valence-corrected chi connectivity index (χ1v) is 10.5. The Labute approximate surface area is 187 Å². The molecule has 1 aliphatic heterocycles. The molecule has 0 bridgehead atoms. The molecule has 2 aromatic carbocycles. The predicted octanol–water partition coefficient (Wildman–Crippen LogP) is 3.12. The summed E-state index contributed by atoms with van der Waals surface area (Å²) in [7, 11) is 2.80. The summed E-state index contributed by atoms with van der Waals surface area (Å²) in [5.74, 6) is -0.218. The van der Waals surface area contributed by atoms with E-state index in [1.54, 1.807) is 35.2 Å². The van der Waals surface area contributed by atoms with Crippen LogP contribution in [0.15, 0.2) is 42.5 Å². The summed E-state index contributed by atoms with van der Waals surface area (Å²) in [6, 6.07) is 11.3. The SMILES string of the molecule is COC(=O)c1ccc(OC)cc1OCC(=O)N1C[C@H](C)N(Cc2ccc(F)cc2)C[C@H]1C. The van der Waals surface area contributed by atoms with Gasteiger partial charge >= 0.3 is 5.97 Å². The number of carbonyl (C=O) groups is 2. The van der Waals surface area contributed by atoms with Gasteiger partial charge in [0.05, 0.1) is 14.2 Å². The standard InChI is InChI=1S/C24H29FN2O5/c1-16-13-27(17(2)12-26(16)14-18-5-7-19(25)8-6-18)23(28)15-32-22-11-20(30-3)9-10-21(22)24(29)31-4/h5-11,16-17H,12-15H2,1-4H3/t16-,17+/m0/s1. The van der Waals surface area contributed by atoms with Crippen molar-refractivity contribution in [1.82, 2.24) is 9.80 Å². The summed E-state index contributed by atoms with van der Waals surface area (Å²) in [6.07, 6.45) is 0. The number of benzene rings is 2. The van der Waals surface area contributed by atoms with Crippen LogP contribution in [0, 0.1) is 5.82 Å². The van der Waals surface area contributed by atoms with E-state index in [4.69, 9.17) is 14.2 Å². The number of nitrogens with zero attached hydrogens (tertiary/aromatic N) is 2. The molecule has 1 amide bonds. The zero-order chi connectivity index (χ0) is 23.3. The molecule has 0 radical (unpaired) electrons. The molecular formula is C24H29FN2O5. The molecule has 0 unspecified atom stereocenters. The molecule has 0 saturated carbocycles. The second kappa shape index (κ2) is 10.5. The van der Waals surface area contributed by atoms with Crippen LogP contribution < -0.4 is 9.47 Å². The summed E-state index contributed by atoms with van der Waals surface area (Å²) in [5, 5.41) is 0. The van der Waals surface area contributed by atoms with Gasteiger partial charge in [0.25, 0.3) is 5.91 Å². The third kappa shape index (κ3) is 5.56. The van der Waals surface area contributed by atoms with Crippen molar-refractivity contribution in [2.45, 2.75) is 32.5 Å². The molecule has 0 aromatic heterocycles. The Morgan fingerprint density at radius 2 is 1.75 bits per heavy atom. The zero-order valence-electron chi connectivity index (χ0n) is 18.8. The fourth-order valence-electron chi connectivity index (χ4n) is 3.84. The third-order valence-corrected chi connectivity index (χ3v) is 5.68. The van der Waals surface area contributed by atoms with E-state index < -0.39 is 5.97 Å². The van der Waals surface area contributed by atoms with Gasteiger partial charge in [-0.05, 0) is 43.7 Å². The van der Waals surface area contributed by atoms with Crippen LogP contribution in [0.3, 0.4) is 0 Å². The number of methoxy groups -OCH3 is 2. The minimum Gasteiger partial charge on any atom is -0.497 e. The van der Waals surface area contributed by atoms with Crippen LogP contribution in [0.1, 0.15) is 29.8 Å². The molecule has 2 atom stereocenters. The van der Waals surface area contributed by atoms with Crippen molar-refractivity contribution in [3.8, 4) is 11.5 Å². The fourth-order valence-corrected chi connectivity index (χ4v) is 3.84. The van der Waals surface area contributed by atoms with Gasteiger partial charge in [0, 0.05) is 37.8 Å². The Bertz CT molecular complexity index is 950. The highest BCUT2D eigenvalue weighted by Crippen LogP contribution is 2.26. The first-order valence-electron chi connectivity index (χ1n) is 10.5. The molecule has 2 aromatic rings. The van der Waals surface area contributed by atoms with E-state index in [0.717, 1.165) is 5.56 Å². The van der Waals surface area contributed by atoms with Crippen LogP contribution in [0.4, 0.5) is 4.39 Å². The number of hydrogen-bond donors (Lipinski definition) is 0. The maximum Gasteiger partial charge on any atom is 0.341 e. The molecular weight excluding hydrogens is 415 g/mol. The Balaban J connectivity index is 1.63. The average molecular weight is 445 g/mol. The van der Waals surface area contributed by atoms with Crippen molar-refractivity contribution in [2.75, 3.05) is 33.9 Å². The Morgan fingerprint density at radius 1 is 1.03 bits per heavy atom. The summed E-state index contributed by atoms with van der Waals surface area (Å²) in [6.45, 7) is 5.78. The van der Waals surface area contributed by atoms with Gasteiger partial charge in [0.15, 0.2) is 6.61 Å². The lowest BCUT2D eigenvalue weighted by Gasteiger charge is -2.44. The highest BCUT2D eigenvalue weighted by molar-refractivity contribution is 5.93. The highest BCUT2D eigenvalue weighted by atomic mass is 19.1. The maximum absolute atomic E-state index is 13.2. The number of piperazine rings is 1. The molecule has 0 spiro atoms. The number of hydrogen-bond acceptors (Lipinski definition) is 6. The van der Waals surface area contributed by atoms with E-state index in [-0.39, 0.29) is 41.7 Å². The van der Waals surface area contributed by atoms with Crippen LogP contribution in [-0.4, -0.2) is 67.7 Å². The lowest BCUT2D eigenvalue weighted by Crippen LogP contribution is -2.58. The van der Waals surface area contributed by atoms with Crippen molar-refractivity contribution in [3.63, 3.8) is 0 Å². The van der Waals surface area contributed by atoms with Crippen molar-refractivity contribution in [1.29, 1.82) is 0 Å². The van der Waals surface area contributed by atoms with Crippen LogP contribution >= 0.6 is 0 Å². The summed E-state index contributed by atoms with van der Waals surface area (Å²) in [5.41, 5.74) is 1.26. The number of ether oxygens (including phenoxy) is 3. The van der Waals surface area contributed by atoms with E-state index in [1.165, 1.54) is 26.4 Å². The zero-order valence-corrected chi connectivity index (χ0v) is 18.8. The predicted molar refractivity (Wildman–Crippen MR) is 117 cm³/mol. The molecule has 32 heavy (non-hydrogen) atoms. The molecule has 3 rings (SSSR count). The van der Waals surface area contributed by atoms with E-state index >= 15 is 0 Å². The molecule has 0 aliphatic carbocycles. The minimum atomic E-state index is -0.550. The van der Waals surface area contributed by atoms with Crippen molar-refractivity contribution in [2.24, 2.45) is 0 Å². The minimum absolute atomic E-state index is 0.0202. The monoisotopic (exact) mass is 444 g/mol. The number of amides is 1. The smallest absolute Gasteiger partial charge is 0.341 e. The molecule has 8 heteroatoms. The Morgan fingerprint density at radius 3 is 2.41 bits per heavy atom. The summed E-state index contributed by atoms with van der Waals surface area (Å²) in [4.78, 5) is 29.0.